The first-order valence-corrected chi connectivity index (χ1v) is 7.24. The molecule has 1 heterocycles. The van der Waals surface area contributed by atoms with Gasteiger partial charge in [-0.15, -0.1) is 0 Å². The predicted molar refractivity (Wildman–Crippen MR) is 79.9 cm³/mol. The van der Waals surface area contributed by atoms with Crippen LogP contribution in [0.3, 0.4) is 0 Å². The van der Waals surface area contributed by atoms with Crippen molar-refractivity contribution >= 4 is 22.9 Å². The summed E-state index contributed by atoms with van der Waals surface area (Å²) in [7, 11) is 0. The minimum atomic E-state index is -0.621. The van der Waals surface area contributed by atoms with Gasteiger partial charge in [-0.3, -0.25) is 0 Å². The lowest BCUT2D eigenvalue weighted by Gasteiger charge is -2.10. The number of hydrogen-bond donors (Lipinski definition) is 1. The molecule has 0 spiro atoms. The van der Waals surface area contributed by atoms with Gasteiger partial charge in [0, 0.05) is 4.90 Å². The number of oxazole rings is 1. The van der Waals surface area contributed by atoms with Gasteiger partial charge in [-0.25, -0.2) is 4.98 Å². The second-order valence-electron chi connectivity index (χ2n) is 4.59. The first kappa shape index (κ1) is 13.7. The van der Waals surface area contributed by atoms with Crippen molar-refractivity contribution < 1.29 is 9.52 Å². The Labute approximate surface area is 126 Å². The molecular formula is C16H12N2O2S. The largest absolute Gasteiger partial charge is 0.431 e. The number of benzene rings is 2. The van der Waals surface area contributed by atoms with Crippen LogP contribution in [0.15, 0.2) is 57.0 Å². The SMILES string of the molecule is C[C@@H](O)c1ccc(C#N)cc1Sc1nc2ccccc2o1. The molecule has 1 aromatic heterocycles. The maximum absolute atomic E-state index is 9.84. The van der Waals surface area contributed by atoms with Crippen LogP contribution in [0.25, 0.3) is 11.1 Å². The van der Waals surface area contributed by atoms with Crippen molar-refractivity contribution in [2.45, 2.75) is 23.1 Å². The van der Waals surface area contributed by atoms with E-state index in [1.807, 2.05) is 24.3 Å². The van der Waals surface area contributed by atoms with Crippen LogP contribution in [-0.2, 0) is 0 Å². The van der Waals surface area contributed by atoms with Crippen LogP contribution < -0.4 is 0 Å². The number of nitrogens with zero attached hydrogens (tertiary/aromatic N) is 2. The van der Waals surface area contributed by atoms with Crippen molar-refractivity contribution in [2.24, 2.45) is 0 Å². The number of aliphatic hydroxyl groups excluding tert-OH is 1. The normalized spacial score (nSPS) is 12.2. The highest BCUT2D eigenvalue weighted by atomic mass is 32.2. The first-order valence-electron chi connectivity index (χ1n) is 6.43. The Morgan fingerprint density at radius 2 is 2.10 bits per heavy atom. The highest BCUT2D eigenvalue weighted by molar-refractivity contribution is 7.99. The smallest absolute Gasteiger partial charge is 0.261 e. The Hall–Kier alpha value is -2.29. The number of fused-ring (bicyclic) bond motifs is 1. The van der Waals surface area contributed by atoms with E-state index < -0.39 is 6.10 Å². The minimum absolute atomic E-state index is 0.494. The lowest BCUT2D eigenvalue weighted by molar-refractivity contribution is 0.196. The van der Waals surface area contributed by atoms with Crippen molar-refractivity contribution in [1.82, 2.24) is 4.98 Å². The monoisotopic (exact) mass is 296 g/mol. The molecule has 5 heteroatoms. The van der Waals surface area contributed by atoms with E-state index >= 15 is 0 Å². The number of aromatic nitrogens is 1. The second kappa shape index (κ2) is 5.60. The van der Waals surface area contributed by atoms with Crippen LogP contribution in [0.1, 0.15) is 24.2 Å². The molecular weight excluding hydrogens is 284 g/mol. The number of nitriles is 1. The summed E-state index contributed by atoms with van der Waals surface area (Å²) in [4.78, 5) is 5.17. The van der Waals surface area contributed by atoms with Gasteiger partial charge in [-0.2, -0.15) is 5.26 Å². The quantitative estimate of drug-likeness (QED) is 0.793. The van der Waals surface area contributed by atoms with Gasteiger partial charge >= 0.3 is 0 Å². The molecule has 3 rings (SSSR count). The van der Waals surface area contributed by atoms with Crippen molar-refractivity contribution in [1.29, 1.82) is 5.26 Å². The molecule has 0 unspecified atom stereocenters. The van der Waals surface area contributed by atoms with E-state index in [1.165, 1.54) is 11.8 Å². The lowest BCUT2D eigenvalue weighted by Crippen LogP contribution is -1.94. The third-order valence-electron chi connectivity index (χ3n) is 3.06. The van der Waals surface area contributed by atoms with E-state index in [4.69, 9.17) is 9.68 Å². The predicted octanol–water partition coefficient (Wildman–Crippen LogP) is 3.90. The molecule has 0 fully saturated rings. The molecule has 0 aliphatic rings. The lowest BCUT2D eigenvalue weighted by atomic mass is 10.1. The van der Waals surface area contributed by atoms with Crippen LogP contribution in [0.4, 0.5) is 0 Å². The Morgan fingerprint density at radius 3 is 2.81 bits per heavy atom. The second-order valence-corrected chi connectivity index (χ2v) is 5.58. The summed E-state index contributed by atoms with van der Waals surface area (Å²) in [6, 6.07) is 14.8. The summed E-state index contributed by atoms with van der Waals surface area (Å²) in [6.07, 6.45) is -0.621. The Balaban J connectivity index is 2.01. The number of para-hydroxylation sites is 2. The van der Waals surface area contributed by atoms with Crippen LogP contribution >= 0.6 is 11.8 Å². The van der Waals surface area contributed by atoms with Gasteiger partial charge in [0.15, 0.2) is 5.58 Å². The molecule has 0 saturated carbocycles. The highest BCUT2D eigenvalue weighted by Gasteiger charge is 2.14. The Kier molecular flexibility index (Phi) is 3.65. The van der Waals surface area contributed by atoms with Gasteiger partial charge in [0.05, 0.1) is 17.7 Å². The summed E-state index contributed by atoms with van der Waals surface area (Å²) in [5, 5.41) is 19.3. The zero-order chi connectivity index (χ0) is 14.8. The topological polar surface area (TPSA) is 70.0 Å². The minimum Gasteiger partial charge on any atom is -0.431 e. The highest BCUT2D eigenvalue weighted by Crippen LogP contribution is 2.35. The zero-order valence-corrected chi connectivity index (χ0v) is 12.1. The standard InChI is InChI=1S/C16H12N2O2S/c1-10(19)12-7-6-11(9-17)8-15(12)21-16-18-13-4-2-3-5-14(13)20-16/h2-8,10,19H,1H3/t10-/m1/s1. The van der Waals surface area contributed by atoms with Crippen LogP contribution in [0.2, 0.25) is 0 Å². The maximum atomic E-state index is 9.84. The number of hydrogen-bond acceptors (Lipinski definition) is 5. The molecule has 104 valence electrons. The third-order valence-corrected chi connectivity index (χ3v) is 3.99. The fourth-order valence-corrected chi connectivity index (χ4v) is 3.03. The van der Waals surface area contributed by atoms with Crippen molar-refractivity contribution in [3.8, 4) is 6.07 Å². The molecule has 2 aromatic carbocycles. The molecule has 1 N–H and O–H groups in total. The Morgan fingerprint density at radius 1 is 1.29 bits per heavy atom. The molecule has 3 aromatic rings. The summed E-state index contributed by atoms with van der Waals surface area (Å²) in [6.45, 7) is 1.69. The molecule has 1 atom stereocenters. The molecule has 21 heavy (non-hydrogen) atoms. The summed E-state index contributed by atoms with van der Waals surface area (Å²) in [5.41, 5.74) is 2.80. The van der Waals surface area contributed by atoms with E-state index in [0.717, 1.165) is 21.6 Å². The Bertz CT molecular complexity index is 801. The van der Waals surface area contributed by atoms with Gasteiger partial charge in [0.1, 0.15) is 5.52 Å². The molecule has 0 aliphatic heterocycles. The van der Waals surface area contributed by atoms with E-state index in [-0.39, 0.29) is 0 Å². The average molecular weight is 296 g/mol. The fraction of sp³-hybridized carbons (Fsp3) is 0.125. The van der Waals surface area contributed by atoms with E-state index in [9.17, 15) is 5.11 Å². The van der Waals surface area contributed by atoms with Gasteiger partial charge in [-0.05, 0) is 48.5 Å². The van der Waals surface area contributed by atoms with Crippen molar-refractivity contribution in [3.05, 3.63) is 53.6 Å². The molecule has 0 saturated heterocycles. The molecule has 0 radical (unpaired) electrons. The summed E-state index contributed by atoms with van der Waals surface area (Å²) < 4.78 is 5.67. The van der Waals surface area contributed by atoms with Crippen LogP contribution in [-0.4, -0.2) is 10.1 Å². The molecule has 0 bridgehead atoms. The van der Waals surface area contributed by atoms with Crippen molar-refractivity contribution in [3.63, 3.8) is 0 Å². The van der Waals surface area contributed by atoms with E-state index in [0.29, 0.717) is 10.8 Å². The first-order chi connectivity index (χ1) is 10.2. The van der Waals surface area contributed by atoms with Crippen LogP contribution in [0, 0.1) is 11.3 Å². The average Bonchev–Trinajstić information content (AvgIpc) is 2.89. The molecule has 4 nitrogen and oxygen atoms in total. The summed E-state index contributed by atoms with van der Waals surface area (Å²) in [5.74, 6) is 0. The van der Waals surface area contributed by atoms with Crippen molar-refractivity contribution in [2.75, 3.05) is 0 Å². The van der Waals surface area contributed by atoms with Crippen LogP contribution in [0.5, 0.6) is 0 Å². The number of aliphatic hydroxyl groups is 1. The zero-order valence-electron chi connectivity index (χ0n) is 11.3. The summed E-state index contributed by atoms with van der Waals surface area (Å²) >= 11 is 1.31. The van der Waals surface area contributed by atoms with E-state index in [2.05, 4.69) is 11.1 Å². The van der Waals surface area contributed by atoms with Gasteiger partial charge in [-0.1, -0.05) is 18.2 Å². The van der Waals surface area contributed by atoms with Gasteiger partial charge < -0.3 is 9.52 Å². The molecule has 0 amide bonds. The van der Waals surface area contributed by atoms with Gasteiger partial charge in [0.2, 0.25) is 0 Å². The maximum Gasteiger partial charge on any atom is 0.261 e. The van der Waals surface area contributed by atoms with Gasteiger partial charge in [0.25, 0.3) is 5.22 Å². The third kappa shape index (κ3) is 2.77. The fourth-order valence-electron chi connectivity index (χ4n) is 2.03. The molecule has 0 aliphatic carbocycles. The van der Waals surface area contributed by atoms with E-state index in [1.54, 1.807) is 25.1 Å². The number of rotatable bonds is 3.